The van der Waals surface area contributed by atoms with Gasteiger partial charge in [-0.25, -0.2) is 4.79 Å². The van der Waals surface area contributed by atoms with Crippen molar-refractivity contribution >= 4 is 5.97 Å². The second-order valence-electron chi connectivity index (χ2n) is 2.66. The van der Waals surface area contributed by atoms with Gasteiger partial charge in [0.2, 0.25) is 0 Å². The third-order valence-electron chi connectivity index (χ3n) is 1.51. The fourth-order valence-electron chi connectivity index (χ4n) is 0.993. The quantitative estimate of drug-likeness (QED) is 0.806. The lowest BCUT2D eigenvalue weighted by Gasteiger charge is -2.02. The molecule has 7 heteroatoms. The Balaban J connectivity index is 3.04. The van der Waals surface area contributed by atoms with Gasteiger partial charge in [-0.3, -0.25) is 0 Å². The zero-order chi connectivity index (χ0) is 10.9. The molecule has 0 saturated heterocycles. The van der Waals surface area contributed by atoms with Crippen LogP contribution in [-0.2, 0) is 6.42 Å². The standard InChI is InChI=1S/C7H6F3NO3/c1-3-5(6(12)13)4(14-11-3)2-7(8,9)10/h2H2,1H3,(H,12,13). The summed E-state index contributed by atoms with van der Waals surface area (Å²) in [5, 5.41) is 11.7. The van der Waals surface area contributed by atoms with Crippen LogP contribution >= 0.6 is 0 Å². The second kappa shape index (κ2) is 3.32. The molecule has 0 saturated carbocycles. The van der Waals surface area contributed by atoms with Gasteiger partial charge in [-0.2, -0.15) is 13.2 Å². The SMILES string of the molecule is Cc1noc(CC(F)(F)F)c1C(=O)O. The minimum atomic E-state index is -4.50. The molecule has 0 unspecified atom stereocenters. The number of halogens is 3. The minimum absolute atomic E-state index is 0.0586. The molecule has 4 nitrogen and oxygen atoms in total. The molecule has 0 aliphatic rings. The third kappa shape index (κ3) is 2.24. The van der Waals surface area contributed by atoms with Gasteiger partial charge in [0.1, 0.15) is 12.0 Å². The molecule has 0 amide bonds. The van der Waals surface area contributed by atoms with Gasteiger partial charge in [0.25, 0.3) is 0 Å². The Labute approximate surface area is 76.3 Å². The van der Waals surface area contributed by atoms with E-state index in [0.717, 1.165) is 0 Å². The van der Waals surface area contributed by atoms with E-state index in [1.807, 2.05) is 0 Å². The molecule has 1 heterocycles. The lowest BCUT2D eigenvalue weighted by molar-refractivity contribution is -0.130. The van der Waals surface area contributed by atoms with Crippen LogP contribution in [0.1, 0.15) is 21.8 Å². The molecule has 1 aromatic heterocycles. The molecule has 0 spiro atoms. The Hall–Kier alpha value is -1.53. The number of carboxylic acid groups (broad SMARTS) is 1. The molecule has 14 heavy (non-hydrogen) atoms. The molecule has 0 fully saturated rings. The van der Waals surface area contributed by atoms with Crippen LogP contribution in [-0.4, -0.2) is 22.4 Å². The first-order chi connectivity index (χ1) is 6.31. The fraction of sp³-hybridized carbons (Fsp3) is 0.429. The highest BCUT2D eigenvalue weighted by Crippen LogP contribution is 2.24. The topological polar surface area (TPSA) is 63.3 Å². The van der Waals surface area contributed by atoms with Gasteiger partial charge >= 0.3 is 12.1 Å². The lowest BCUT2D eigenvalue weighted by atomic mass is 10.1. The van der Waals surface area contributed by atoms with E-state index >= 15 is 0 Å². The predicted octanol–water partition coefficient (Wildman–Crippen LogP) is 1.79. The summed E-state index contributed by atoms with van der Waals surface area (Å²) in [5.74, 6) is -2.13. The van der Waals surface area contributed by atoms with E-state index in [9.17, 15) is 18.0 Å². The molecule has 0 aliphatic carbocycles. The minimum Gasteiger partial charge on any atom is -0.477 e. The fourth-order valence-corrected chi connectivity index (χ4v) is 0.993. The van der Waals surface area contributed by atoms with Crippen molar-refractivity contribution in [3.8, 4) is 0 Å². The lowest BCUT2D eigenvalue weighted by Crippen LogP contribution is -2.13. The van der Waals surface area contributed by atoms with Crippen LogP contribution < -0.4 is 0 Å². The third-order valence-corrected chi connectivity index (χ3v) is 1.51. The number of alkyl halides is 3. The molecule has 0 aromatic carbocycles. The number of carboxylic acids is 1. The van der Waals surface area contributed by atoms with Crippen molar-refractivity contribution in [2.45, 2.75) is 19.5 Å². The van der Waals surface area contributed by atoms with Crippen molar-refractivity contribution < 1.29 is 27.6 Å². The van der Waals surface area contributed by atoms with Gasteiger partial charge in [-0.05, 0) is 6.92 Å². The van der Waals surface area contributed by atoms with Gasteiger partial charge in [0.05, 0.1) is 5.69 Å². The van der Waals surface area contributed by atoms with E-state index in [2.05, 4.69) is 9.68 Å². The molecule has 0 atom stereocenters. The van der Waals surface area contributed by atoms with E-state index in [0.29, 0.717) is 0 Å². The maximum absolute atomic E-state index is 11.9. The van der Waals surface area contributed by atoms with Crippen LogP contribution in [0.4, 0.5) is 13.2 Å². The van der Waals surface area contributed by atoms with E-state index in [1.54, 1.807) is 0 Å². The summed E-state index contributed by atoms with van der Waals surface area (Å²) in [6, 6.07) is 0. The molecule has 1 rings (SSSR count). The Morgan fingerprint density at radius 1 is 1.57 bits per heavy atom. The number of aromatic nitrogens is 1. The molecule has 78 valence electrons. The number of rotatable bonds is 2. The highest BCUT2D eigenvalue weighted by atomic mass is 19.4. The summed E-state index contributed by atoms with van der Waals surface area (Å²) in [7, 11) is 0. The van der Waals surface area contributed by atoms with Crippen molar-refractivity contribution in [2.75, 3.05) is 0 Å². The van der Waals surface area contributed by atoms with Crippen molar-refractivity contribution in [3.63, 3.8) is 0 Å². The van der Waals surface area contributed by atoms with Crippen LogP contribution in [0.15, 0.2) is 4.52 Å². The average molecular weight is 209 g/mol. The summed E-state index contributed by atoms with van der Waals surface area (Å²) < 4.78 is 40.0. The normalized spacial score (nSPS) is 11.7. The molecule has 1 N–H and O–H groups in total. The molecule has 0 aliphatic heterocycles. The number of aromatic carboxylic acids is 1. The summed E-state index contributed by atoms with van der Waals surface area (Å²) in [4.78, 5) is 10.5. The summed E-state index contributed by atoms with van der Waals surface area (Å²) in [5.41, 5.74) is -0.570. The molecular weight excluding hydrogens is 203 g/mol. The Morgan fingerprint density at radius 3 is 2.57 bits per heavy atom. The Kier molecular flexibility index (Phi) is 2.50. The van der Waals surface area contributed by atoms with E-state index in [-0.39, 0.29) is 5.69 Å². The first kappa shape index (κ1) is 10.6. The zero-order valence-electron chi connectivity index (χ0n) is 7.05. The number of aryl methyl sites for hydroxylation is 1. The highest BCUT2D eigenvalue weighted by molar-refractivity contribution is 5.89. The predicted molar refractivity (Wildman–Crippen MR) is 38.0 cm³/mol. The van der Waals surface area contributed by atoms with Crippen LogP contribution in [0.5, 0.6) is 0 Å². The molecule has 0 bridgehead atoms. The summed E-state index contributed by atoms with van der Waals surface area (Å²) >= 11 is 0. The van der Waals surface area contributed by atoms with Gasteiger partial charge < -0.3 is 9.63 Å². The summed E-state index contributed by atoms with van der Waals surface area (Å²) in [6.07, 6.45) is -5.92. The van der Waals surface area contributed by atoms with E-state index in [4.69, 9.17) is 5.11 Å². The van der Waals surface area contributed by atoms with Crippen LogP contribution in [0.2, 0.25) is 0 Å². The van der Waals surface area contributed by atoms with E-state index < -0.39 is 29.9 Å². The smallest absolute Gasteiger partial charge is 0.396 e. The van der Waals surface area contributed by atoms with Crippen LogP contribution in [0.3, 0.4) is 0 Å². The van der Waals surface area contributed by atoms with Crippen molar-refractivity contribution in [1.29, 1.82) is 0 Å². The van der Waals surface area contributed by atoms with Gasteiger partial charge in [-0.15, -0.1) is 0 Å². The van der Waals surface area contributed by atoms with Gasteiger partial charge in [-0.1, -0.05) is 5.16 Å². The Bertz CT molecular complexity index is 356. The summed E-state index contributed by atoms with van der Waals surface area (Å²) in [6.45, 7) is 1.27. The molecular formula is C7H6F3NO3. The van der Waals surface area contributed by atoms with Gasteiger partial charge in [0.15, 0.2) is 5.76 Å². The second-order valence-corrected chi connectivity index (χ2v) is 2.66. The average Bonchev–Trinajstić information content (AvgIpc) is 2.27. The first-order valence-electron chi connectivity index (χ1n) is 3.56. The maximum Gasteiger partial charge on any atom is 0.396 e. The van der Waals surface area contributed by atoms with Gasteiger partial charge in [0, 0.05) is 0 Å². The maximum atomic E-state index is 11.9. The van der Waals surface area contributed by atoms with Crippen molar-refractivity contribution in [2.24, 2.45) is 0 Å². The number of nitrogens with zero attached hydrogens (tertiary/aromatic N) is 1. The number of hydrogen-bond acceptors (Lipinski definition) is 3. The monoisotopic (exact) mass is 209 g/mol. The molecule has 1 aromatic rings. The highest BCUT2D eigenvalue weighted by Gasteiger charge is 2.33. The van der Waals surface area contributed by atoms with Crippen LogP contribution in [0.25, 0.3) is 0 Å². The van der Waals surface area contributed by atoms with E-state index in [1.165, 1.54) is 6.92 Å². The van der Waals surface area contributed by atoms with Crippen LogP contribution in [0, 0.1) is 6.92 Å². The van der Waals surface area contributed by atoms with Crippen molar-refractivity contribution in [3.05, 3.63) is 17.0 Å². The van der Waals surface area contributed by atoms with Crippen molar-refractivity contribution in [1.82, 2.24) is 5.16 Å². The Morgan fingerprint density at radius 2 is 2.14 bits per heavy atom. The first-order valence-corrected chi connectivity index (χ1v) is 3.56. The largest absolute Gasteiger partial charge is 0.477 e. The molecule has 0 radical (unpaired) electrons. The number of hydrogen-bond donors (Lipinski definition) is 1. The zero-order valence-corrected chi connectivity index (χ0v) is 7.05. The number of carbonyl (C=O) groups is 1.